The summed E-state index contributed by atoms with van der Waals surface area (Å²) in [7, 11) is 0. The van der Waals surface area contributed by atoms with E-state index in [1.54, 1.807) is 0 Å². The number of piperazine rings is 1. The monoisotopic (exact) mass is 340 g/mol. The summed E-state index contributed by atoms with van der Waals surface area (Å²) in [6, 6.07) is 0.419. The smallest absolute Gasteiger partial charge is 0.223 e. The molecule has 1 aliphatic rings. The van der Waals surface area contributed by atoms with Crippen molar-refractivity contribution in [1.29, 1.82) is 0 Å². The molecule has 1 heterocycles. The normalized spacial score (nSPS) is 17.1. The molecule has 0 saturated carbocycles. The van der Waals surface area contributed by atoms with Crippen molar-refractivity contribution in [2.24, 2.45) is 5.92 Å². The molecule has 24 heavy (non-hydrogen) atoms. The van der Waals surface area contributed by atoms with Crippen LogP contribution in [0.2, 0.25) is 0 Å². The number of nitrogens with one attached hydrogen (secondary N) is 2. The highest BCUT2D eigenvalue weighted by atomic mass is 16.2. The molecule has 6 heteroatoms. The fraction of sp³-hybridized carbons (Fsp3) is 0.889. The van der Waals surface area contributed by atoms with Gasteiger partial charge in [0.1, 0.15) is 0 Å². The molecular formula is C18H36N4O2. The molecule has 1 aliphatic heterocycles. The molecule has 1 rings (SSSR count). The second kappa shape index (κ2) is 11.4. The van der Waals surface area contributed by atoms with Crippen LogP contribution in [0.4, 0.5) is 0 Å². The molecule has 0 aromatic rings. The third-order valence-electron chi connectivity index (χ3n) is 4.56. The highest BCUT2D eigenvalue weighted by molar-refractivity contribution is 5.83. The summed E-state index contributed by atoms with van der Waals surface area (Å²) < 4.78 is 0. The van der Waals surface area contributed by atoms with Crippen LogP contribution in [0.1, 0.15) is 47.0 Å². The lowest BCUT2D eigenvalue weighted by atomic mass is 10.1. The first-order valence-corrected chi connectivity index (χ1v) is 9.42. The van der Waals surface area contributed by atoms with Gasteiger partial charge in [0.25, 0.3) is 0 Å². The van der Waals surface area contributed by atoms with Crippen molar-refractivity contribution in [3.63, 3.8) is 0 Å². The quantitative estimate of drug-likeness (QED) is 0.584. The number of rotatable bonds is 10. The first kappa shape index (κ1) is 20.9. The van der Waals surface area contributed by atoms with Crippen LogP contribution in [0.25, 0.3) is 0 Å². The van der Waals surface area contributed by atoms with Crippen LogP contribution in [0, 0.1) is 5.92 Å². The van der Waals surface area contributed by atoms with E-state index < -0.39 is 0 Å². The lowest BCUT2D eigenvalue weighted by Crippen LogP contribution is -2.49. The molecule has 0 aliphatic carbocycles. The zero-order valence-corrected chi connectivity index (χ0v) is 15.9. The van der Waals surface area contributed by atoms with E-state index in [9.17, 15) is 9.59 Å². The Balaban J connectivity index is 2.14. The minimum absolute atomic E-state index is 0.0377. The average molecular weight is 341 g/mol. The third-order valence-corrected chi connectivity index (χ3v) is 4.56. The predicted octanol–water partition coefficient (Wildman–Crippen LogP) is 1.07. The van der Waals surface area contributed by atoms with E-state index in [-0.39, 0.29) is 18.2 Å². The van der Waals surface area contributed by atoms with Gasteiger partial charge in [-0.15, -0.1) is 0 Å². The molecule has 2 amide bonds. The van der Waals surface area contributed by atoms with Gasteiger partial charge in [-0.2, -0.15) is 0 Å². The molecule has 0 radical (unpaired) electrons. The van der Waals surface area contributed by atoms with Crippen molar-refractivity contribution in [3.8, 4) is 0 Å². The Bertz CT molecular complexity index is 379. The van der Waals surface area contributed by atoms with E-state index in [0.29, 0.717) is 24.9 Å². The van der Waals surface area contributed by atoms with E-state index in [2.05, 4.69) is 43.2 Å². The second-order valence-electron chi connectivity index (χ2n) is 7.15. The van der Waals surface area contributed by atoms with Gasteiger partial charge >= 0.3 is 0 Å². The van der Waals surface area contributed by atoms with Crippen LogP contribution in [-0.4, -0.2) is 73.5 Å². The highest BCUT2D eigenvalue weighted by Gasteiger charge is 2.22. The molecule has 0 bridgehead atoms. The first-order chi connectivity index (χ1) is 11.4. The minimum atomic E-state index is -0.0377. The van der Waals surface area contributed by atoms with Crippen LogP contribution >= 0.6 is 0 Å². The maximum Gasteiger partial charge on any atom is 0.223 e. The first-order valence-electron chi connectivity index (χ1n) is 9.42. The molecule has 2 N–H and O–H groups in total. The zero-order valence-electron chi connectivity index (χ0n) is 15.9. The van der Waals surface area contributed by atoms with E-state index in [1.165, 1.54) is 6.42 Å². The molecule has 0 spiro atoms. The van der Waals surface area contributed by atoms with Crippen LogP contribution < -0.4 is 10.6 Å². The lowest BCUT2D eigenvalue weighted by Gasteiger charge is -2.36. The van der Waals surface area contributed by atoms with Crippen LogP contribution in [0.3, 0.4) is 0 Å². The summed E-state index contributed by atoms with van der Waals surface area (Å²) in [5.74, 6) is 0.777. The van der Waals surface area contributed by atoms with Gasteiger partial charge in [-0.1, -0.05) is 34.1 Å². The molecule has 140 valence electrons. The van der Waals surface area contributed by atoms with Crippen molar-refractivity contribution >= 4 is 11.8 Å². The van der Waals surface area contributed by atoms with Gasteiger partial charge in [0, 0.05) is 64.7 Å². The minimum Gasteiger partial charge on any atom is -0.355 e. The molecule has 1 saturated heterocycles. The maximum atomic E-state index is 12.2. The topological polar surface area (TPSA) is 64.7 Å². The Labute approximate surface area is 147 Å². The van der Waals surface area contributed by atoms with E-state index in [0.717, 1.165) is 39.3 Å². The Morgan fingerprint density at radius 1 is 1.00 bits per heavy atom. The second-order valence-corrected chi connectivity index (χ2v) is 7.15. The summed E-state index contributed by atoms with van der Waals surface area (Å²) in [6.07, 6.45) is 1.79. The summed E-state index contributed by atoms with van der Waals surface area (Å²) in [5, 5.41) is 6.10. The summed E-state index contributed by atoms with van der Waals surface area (Å²) in [5.41, 5.74) is 0. The van der Waals surface area contributed by atoms with Crippen molar-refractivity contribution in [1.82, 2.24) is 20.4 Å². The molecule has 0 aromatic carbocycles. The Morgan fingerprint density at radius 2 is 1.67 bits per heavy atom. The standard InChI is InChI=1S/C18H36N4O2/c1-5-16(4)14-21-10-12-22(13-11-21)18(24)7-6-17(23)20-9-8-19-15(2)3/h15-16,19H,5-14H2,1-4H3,(H,20,23). The van der Waals surface area contributed by atoms with Crippen LogP contribution in [0.5, 0.6) is 0 Å². The molecule has 1 fully saturated rings. The fourth-order valence-electron chi connectivity index (χ4n) is 2.78. The Morgan fingerprint density at radius 3 is 2.25 bits per heavy atom. The van der Waals surface area contributed by atoms with Crippen molar-refractivity contribution in [2.45, 2.75) is 53.0 Å². The van der Waals surface area contributed by atoms with Gasteiger partial charge in [-0.3, -0.25) is 14.5 Å². The fourth-order valence-corrected chi connectivity index (χ4v) is 2.78. The maximum absolute atomic E-state index is 12.2. The van der Waals surface area contributed by atoms with Gasteiger partial charge in [-0.05, 0) is 5.92 Å². The number of hydrogen-bond acceptors (Lipinski definition) is 4. The van der Waals surface area contributed by atoms with Gasteiger partial charge < -0.3 is 15.5 Å². The van der Waals surface area contributed by atoms with Gasteiger partial charge in [-0.25, -0.2) is 0 Å². The van der Waals surface area contributed by atoms with Crippen molar-refractivity contribution in [2.75, 3.05) is 45.8 Å². The number of amides is 2. The van der Waals surface area contributed by atoms with Gasteiger partial charge in [0.05, 0.1) is 0 Å². The molecule has 6 nitrogen and oxygen atoms in total. The summed E-state index contributed by atoms with van der Waals surface area (Å²) in [6.45, 7) is 14.6. The number of carbonyl (C=O) groups is 2. The molecule has 1 atom stereocenters. The van der Waals surface area contributed by atoms with Crippen LogP contribution in [-0.2, 0) is 9.59 Å². The number of nitrogens with zero attached hydrogens (tertiary/aromatic N) is 2. The molecule has 0 aromatic heterocycles. The highest BCUT2D eigenvalue weighted by Crippen LogP contribution is 2.09. The van der Waals surface area contributed by atoms with Crippen molar-refractivity contribution in [3.05, 3.63) is 0 Å². The predicted molar refractivity (Wildman–Crippen MR) is 97.9 cm³/mol. The summed E-state index contributed by atoms with van der Waals surface area (Å²) in [4.78, 5) is 28.3. The molecular weight excluding hydrogens is 304 g/mol. The molecule has 1 unspecified atom stereocenters. The van der Waals surface area contributed by atoms with E-state index in [1.807, 2.05) is 4.90 Å². The van der Waals surface area contributed by atoms with Crippen molar-refractivity contribution < 1.29 is 9.59 Å². The largest absolute Gasteiger partial charge is 0.355 e. The number of carbonyl (C=O) groups excluding carboxylic acids is 2. The Hall–Kier alpha value is -1.14. The van der Waals surface area contributed by atoms with Crippen LogP contribution in [0.15, 0.2) is 0 Å². The lowest BCUT2D eigenvalue weighted by molar-refractivity contribution is -0.135. The SMILES string of the molecule is CCC(C)CN1CCN(C(=O)CCC(=O)NCCNC(C)C)CC1. The van der Waals surface area contributed by atoms with E-state index >= 15 is 0 Å². The average Bonchev–Trinajstić information content (AvgIpc) is 2.57. The summed E-state index contributed by atoms with van der Waals surface area (Å²) >= 11 is 0. The van der Waals surface area contributed by atoms with Gasteiger partial charge in [0.15, 0.2) is 0 Å². The third kappa shape index (κ3) is 8.64. The Kier molecular flexibility index (Phi) is 9.95. The van der Waals surface area contributed by atoms with Gasteiger partial charge in [0.2, 0.25) is 11.8 Å². The number of hydrogen-bond donors (Lipinski definition) is 2. The zero-order chi connectivity index (χ0) is 17.9. The van der Waals surface area contributed by atoms with E-state index in [4.69, 9.17) is 0 Å².